The number of allylic oxidation sites excluding steroid dienone is 7. The third-order valence-electron chi connectivity index (χ3n) is 6.59. The van der Waals surface area contributed by atoms with Gasteiger partial charge < -0.3 is 4.57 Å². The second kappa shape index (κ2) is 5.11. The molecule has 1 saturated carbocycles. The summed E-state index contributed by atoms with van der Waals surface area (Å²) in [6, 6.07) is 9.44. The second-order valence-corrected chi connectivity index (χ2v) is 8.04. The predicted octanol–water partition coefficient (Wildman–Crippen LogP) is 6.45. The molecule has 1 fully saturated rings. The molecule has 4 aliphatic rings. The average Bonchev–Trinajstić information content (AvgIpc) is 3.36. The minimum atomic E-state index is 0.513. The number of hydrogen-bond donors (Lipinski definition) is 0. The van der Waals surface area contributed by atoms with E-state index in [1.807, 2.05) is 0 Å². The Morgan fingerprint density at radius 2 is 1.96 bits per heavy atom. The van der Waals surface area contributed by atoms with Crippen molar-refractivity contribution < 1.29 is 0 Å². The first kappa shape index (κ1) is 13.9. The summed E-state index contributed by atoms with van der Waals surface area (Å²) >= 11 is 0. The summed E-state index contributed by atoms with van der Waals surface area (Å²) in [4.78, 5) is 0. The molecule has 124 valence electrons. The Hall–Kier alpha value is -2.28. The Balaban J connectivity index is 1.59. The molecule has 1 unspecified atom stereocenters. The minimum Gasteiger partial charge on any atom is -0.319 e. The molecule has 2 aromatic rings. The summed E-state index contributed by atoms with van der Waals surface area (Å²) < 4.78 is 2.54. The Morgan fingerprint density at radius 1 is 1.04 bits per heavy atom. The molecule has 0 radical (unpaired) electrons. The molecule has 2 heterocycles. The summed E-state index contributed by atoms with van der Waals surface area (Å²) in [7, 11) is 0. The normalized spacial score (nSPS) is 24.6. The molecule has 0 saturated heterocycles. The number of benzene rings is 1. The Labute approximate surface area is 149 Å². The van der Waals surface area contributed by atoms with E-state index in [-0.39, 0.29) is 0 Å². The fourth-order valence-electron chi connectivity index (χ4n) is 5.29. The molecule has 0 spiro atoms. The number of aromatic nitrogens is 1. The maximum atomic E-state index is 2.54. The molecule has 1 aromatic carbocycles. The molecule has 25 heavy (non-hydrogen) atoms. The lowest BCUT2D eigenvalue weighted by Crippen LogP contribution is -2.09. The zero-order chi connectivity index (χ0) is 16.4. The summed E-state index contributed by atoms with van der Waals surface area (Å²) in [5.41, 5.74) is 8.99. The highest BCUT2D eigenvalue weighted by Gasteiger charge is 2.34. The van der Waals surface area contributed by atoms with Crippen molar-refractivity contribution in [1.82, 2.24) is 4.57 Å². The summed E-state index contributed by atoms with van der Waals surface area (Å²) in [6.45, 7) is 0. The van der Waals surface area contributed by atoms with Crippen molar-refractivity contribution in [1.29, 1.82) is 0 Å². The van der Waals surface area contributed by atoms with E-state index in [9.17, 15) is 0 Å². The monoisotopic (exact) mass is 325 g/mol. The van der Waals surface area contributed by atoms with Gasteiger partial charge in [0.2, 0.25) is 0 Å². The maximum Gasteiger partial charge on any atom is 0.0560 e. The minimum absolute atomic E-state index is 0.513. The number of rotatable bonds is 1. The van der Waals surface area contributed by atoms with Gasteiger partial charge in [0.25, 0.3) is 0 Å². The third kappa shape index (κ3) is 2.02. The van der Waals surface area contributed by atoms with E-state index in [2.05, 4.69) is 59.3 Å². The van der Waals surface area contributed by atoms with Crippen LogP contribution in [-0.2, 0) is 0 Å². The van der Waals surface area contributed by atoms with Gasteiger partial charge in [0.15, 0.2) is 0 Å². The van der Waals surface area contributed by atoms with Gasteiger partial charge in [-0.05, 0) is 59.6 Å². The van der Waals surface area contributed by atoms with Crippen LogP contribution in [0.15, 0.2) is 65.3 Å². The first-order valence-corrected chi connectivity index (χ1v) is 9.85. The highest BCUT2D eigenvalue weighted by atomic mass is 15.0. The molecule has 1 aliphatic heterocycles. The third-order valence-corrected chi connectivity index (χ3v) is 6.59. The highest BCUT2D eigenvalue weighted by Crippen LogP contribution is 2.50. The van der Waals surface area contributed by atoms with Crippen LogP contribution < -0.4 is 0 Å². The molecule has 0 N–H and O–H groups in total. The van der Waals surface area contributed by atoms with Crippen molar-refractivity contribution >= 4 is 17.1 Å². The van der Waals surface area contributed by atoms with Crippen LogP contribution in [0.4, 0.5) is 0 Å². The fraction of sp³-hybridized carbons (Fsp3) is 0.333. The van der Waals surface area contributed by atoms with E-state index in [1.54, 1.807) is 5.56 Å². The van der Waals surface area contributed by atoms with Crippen LogP contribution >= 0.6 is 0 Å². The van der Waals surface area contributed by atoms with Crippen LogP contribution in [-0.4, -0.2) is 4.57 Å². The fourth-order valence-corrected chi connectivity index (χ4v) is 5.29. The molecule has 1 aromatic heterocycles. The van der Waals surface area contributed by atoms with Gasteiger partial charge in [-0.2, -0.15) is 0 Å². The van der Waals surface area contributed by atoms with Gasteiger partial charge in [-0.25, -0.2) is 0 Å². The first-order valence-electron chi connectivity index (χ1n) is 9.85. The second-order valence-electron chi connectivity index (χ2n) is 8.04. The molecular weight excluding hydrogens is 302 g/mol. The number of para-hydroxylation sites is 1. The Morgan fingerprint density at radius 3 is 2.88 bits per heavy atom. The molecular formula is C24H23N. The summed E-state index contributed by atoms with van der Waals surface area (Å²) in [5, 5.41) is 1.42. The Kier molecular flexibility index (Phi) is 2.85. The van der Waals surface area contributed by atoms with E-state index in [1.165, 1.54) is 65.4 Å². The standard InChI is InChI=1S/C24H23N/c1-2-7-16(8-3-1)19-12-6-9-17-14-23-21-11-5-4-10-20(21)22-13-18(22)15-25(23)24(17)19/h4-6,9-10,12-16,21H,1-3,7-8,11H2. The smallest absolute Gasteiger partial charge is 0.0560 e. The predicted molar refractivity (Wildman–Crippen MR) is 105 cm³/mol. The SMILES string of the molecule is C1=CCC2C(=C1)C1=CC1=Cn1c2cc2cccc(C3CCCCC3)c21. The zero-order valence-electron chi connectivity index (χ0n) is 14.5. The van der Waals surface area contributed by atoms with E-state index in [0.29, 0.717) is 5.92 Å². The lowest BCUT2D eigenvalue weighted by Gasteiger charge is -2.24. The van der Waals surface area contributed by atoms with Crippen LogP contribution in [0.2, 0.25) is 0 Å². The average molecular weight is 325 g/mol. The number of fused-ring (bicyclic) bond motifs is 7. The molecule has 0 amide bonds. The first-order chi connectivity index (χ1) is 12.4. The van der Waals surface area contributed by atoms with E-state index in [4.69, 9.17) is 0 Å². The molecule has 1 heteroatoms. The molecule has 6 rings (SSSR count). The van der Waals surface area contributed by atoms with Crippen molar-refractivity contribution in [2.75, 3.05) is 0 Å². The Bertz CT molecular complexity index is 1000. The van der Waals surface area contributed by atoms with Crippen LogP contribution in [0, 0.1) is 0 Å². The van der Waals surface area contributed by atoms with Crippen molar-refractivity contribution in [3.8, 4) is 0 Å². The van der Waals surface area contributed by atoms with Gasteiger partial charge >= 0.3 is 0 Å². The van der Waals surface area contributed by atoms with Crippen molar-refractivity contribution in [2.24, 2.45) is 0 Å². The van der Waals surface area contributed by atoms with E-state index >= 15 is 0 Å². The van der Waals surface area contributed by atoms with Crippen LogP contribution in [0.3, 0.4) is 0 Å². The van der Waals surface area contributed by atoms with Crippen LogP contribution in [0.5, 0.6) is 0 Å². The van der Waals surface area contributed by atoms with Gasteiger partial charge in [-0.15, -0.1) is 0 Å². The number of nitrogens with zero attached hydrogens (tertiary/aromatic N) is 1. The summed E-state index contributed by atoms with van der Waals surface area (Å²) in [6.07, 6.45) is 19.7. The quantitative estimate of drug-likeness (QED) is 0.567. The van der Waals surface area contributed by atoms with Crippen molar-refractivity contribution in [3.05, 3.63) is 76.5 Å². The largest absolute Gasteiger partial charge is 0.319 e. The van der Waals surface area contributed by atoms with Gasteiger partial charge in [0.1, 0.15) is 0 Å². The van der Waals surface area contributed by atoms with Gasteiger partial charge in [-0.1, -0.05) is 55.7 Å². The number of hydrogen-bond acceptors (Lipinski definition) is 0. The molecule has 1 atom stereocenters. The summed E-state index contributed by atoms with van der Waals surface area (Å²) in [5.74, 6) is 1.25. The van der Waals surface area contributed by atoms with Crippen LogP contribution in [0.25, 0.3) is 17.1 Å². The lowest BCUT2D eigenvalue weighted by atomic mass is 9.83. The molecule has 1 nitrogen and oxygen atoms in total. The van der Waals surface area contributed by atoms with Crippen LogP contribution in [0.1, 0.15) is 61.6 Å². The van der Waals surface area contributed by atoms with E-state index < -0.39 is 0 Å². The van der Waals surface area contributed by atoms with Gasteiger partial charge in [0, 0.05) is 23.2 Å². The lowest BCUT2D eigenvalue weighted by molar-refractivity contribution is 0.445. The van der Waals surface area contributed by atoms with Gasteiger partial charge in [-0.3, -0.25) is 0 Å². The topological polar surface area (TPSA) is 4.93 Å². The van der Waals surface area contributed by atoms with Crippen molar-refractivity contribution in [3.63, 3.8) is 0 Å². The maximum absolute atomic E-state index is 2.54. The molecule has 3 aliphatic carbocycles. The highest BCUT2D eigenvalue weighted by molar-refractivity contribution is 5.90. The van der Waals surface area contributed by atoms with Crippen molar-refractivity contribution in [2.45, 2.75) is 50.4 Å². The van der Waals surface area contributed by atoms with Gasteiger partial charge in [0.05, 0.1) is 5.52 Å². The van der Waals surface area contributed by atoms with E-state index in [0.717, 1.165) is 12.3 Å². The zero-order valence-corrected chi connectivity index (χ0v) is 14.5. The molecule has 0 bridgehead atoms.